The van der Waals surface area contributed by atoms with Crippen molar-refractivity contribution >= 4 is 57.4 Å². The lowest BCUT2D eigenvalue weighted by Gasteiger charge is -2.12. The first kappa shape index (κ1) is 22.3. The fourth-order valence-corrected chi connectivity index (χ4v) is 5.37. The first-order valence-corrected chi connectivity index (χ1v) is 12.3. The Balaban J connectivity index is 1.55. The normalized spacial score (nSPS) is 11.2. The van der Waals surface area contributed by atoms with Crippen molar-refractivity contribution in [1.82, 2.24) is 19.3 Å². The Bertz CT molecular complexity index is 1580. The molecule has 12 heteroatoms. The van der Waals surface area contributed by atoms with Crippen molar-refractivity contribution in [1.29, 1.82) is 0 Å². The summed E-state index contributed by atoms with van der Waals surface area (Å²) in [5.74, 6) is 1.33. The SMILES string of the molecule is Cc1cc(NC(=O)CSc2nc3c(sc(=S)n3Cc3ccco3)c(=O)n2-c2ccccc2)no1. The average Bonchev–Trinajstić information content (AvgIpc) is 3.56. The molecule has 0 aliphatic rings. The van der Waals surface area contributed by atoms with Crippen LogP contribution in [-0.2, 0) is 11.3 Å². The van der Waals surface area contributed by atoms with Gasteiger partial charge in [-0.2, -0.15) is 0 Å². The van der Waals surface area contributed by atoms with Crippen LogP contribution in [0.1, 0.15) is 11.5 Å². The average molecular weight is 512 g/mol. The lowest BCUT2D eigenvalue weighted by Crippen LogP contribution is -2.23. The van der Waals surface area contributed by atoms with Crippen LogP contribution in [0.15, 0.2) is 73.7 Å². The molecule has 0 atom stereocenters. The molecule has 5 rings (SSSR count). The summed E-state index contributed by atoms with van der Waals surface area (Å²) in [5.41, 5.74) is 0.855. The number of benzene rings is 1. The van der Waals surface area contributed by atoms with Crippen LogP contribution in [0.3, 0.4) is 0 Å². The summed E-state index contributed by atoms with van der Waals surface area (Å²) < 4.78 is 14.7. The molecule has 172 valence electrons. The van der Waals surface area contributed by atoms with Gasteiger partial charge in [0, 0.05) is 6.07 Å². The summed E-state index contributed by atoms with van der Waals surface area (Å²) in [6.45, 7) is 2.09. The van der Waals surface area contributed by atoms with Crippen molar-refractivity contribution in [3.63, 3.8) is 0 Å². The number of hydrogen-bond donors (Lipinski definition) is 1. The molecule has 4 heterocycles. The summed E-state index contributed by atoms with van der Waals surface area (Å²) in [5, 5.41) is 6.82. The molecule has 5 aromatic rings. The van der Waals surface area contributed by atoms with Crippen LogP contribution in [-0.4, -0.2) is 30.9 Å². The molecule has 1 amide bonds. The number of amides is 1. The van der Waals surface area contributed by atoms with Gasteiger partial charge in [0.15, 0.2) is 20.6 Å². The van der Waals surface area contributed by atoms with E-state index in [1.807, 2.05) is 36.4 Å². The van der Waals surface area contributed by atoms with Crippen LogP contribution in [0, 0.1) is 10.9 Å². The molecule has 0 radical (unpaired) electrons. The van der Waals surface area contributed by atoms with Gasteiger partial charge in [-0.05, 0) is 43.4 Å². The Hall–Kier alpha value is -3.48. The number of fused-ring (bicyclic) bond motifs is 1. The third-order valence-electron chi connectivity index (χ3n) is 4.79. The Morgan fingerprint density at radius 3 is 2.76 bits per heavy atom. The molecule has 0 bridgehead atoms. The molecule has 0 fully saturated rings. The van der Waals surface area contributed by atoms with E-state index in [9.17, 15) is 9.59 Å². The van der Waals surface area contributed by atoms with Gasteiger partial charge in [-0.15, -0.1) is 0 Å². The molecule has 1 aromatic carbocycles. The molecule has 0 unspecified atom stereocenters. The third kappa shape index (κ3) is 4.47. The van der Waals surface area contributed by atoms with E-state index in [4.69, 9.17) is 26.1 Å². The molecule has 1 N–H and O–H groups in total. The molecule has 34 heavy (non-hydrogen) atoms. The first-order chi connectivity index (χ1) is 16.5. The van der Waals surface area contributed by atoms with Crippen LogP contribution in [0.25, 0.3) is 16.0 Å². The van der Waals surface area contributed by atoms with Crippen molar-refractivity contribution < 1.29 is 13.7 Å². The third-order valence-corrected chi connectivity index (χ3v) is 7.16. The van der Waals surface area contributed by atoms with Gasteiger partial charge in [-0.1, -0.05) is 46.5 Å². The fourth-order valence-electron chi connectivity index (χ4n) is 3.31. The van der Waals surface area contributed by atoms with E-state index in [0.29, 0.717) is 49.0 Å². The van der Waals surface area contributed by atoms with Crippen LogP contribution >= 0.6 is 35.3 Å². The van der Waals surface area contributed by atoms with E-state index in [1.54, 1.807) is 29.9 Å². The molecular formula is C22H17N5O4S3. The second-order valence-corrected chi connectivity index (χ2v) is 9.80. The van der Waals surface area contributed by atoms with E-state index in [-0.39, 0.29) is 17.2 Å². The van der Waals surface area contributed by atoms with Gasteiger partial charge in [0.05, 0.1) is 24.2 Å². The molecule has 0 aliphatic carbocycles. The monoisotopic (exact) mass is 511 g/mol. The van der Waals surface area contributed by atoms with Gasteiger partial charge in [0.1, 0.15) is 16.2 Å². The zero-order chi connectivity index (χ0) is 23.7. The number of nitrogens with one attached hydrogen (secondary N) is 1. The maximum absolute atomic E-state index is 13.6. The number of aromatic nitrogens is 4. The highest BCUT2D eigenvalue weighted by atomic mass is 32.2. The summed E-state index contributed by atoms with van der Waals surface area (Å²) >= 11 is 7.89. The molecule has 9 nitrogen and oxygen atoms in total. The maximum Gasteiger partial charge on any atom is 0.278 e. The lowest BCUT2D eigenvalue weighted by atomic mass is 10.3. The summed E-state index contributed by atoms with van der Waals surface area (Å²) in [6, 6.07) is 14.4. The van der Waals surface area contributed by atoms with Crippen molar-refractivity contribution in [3.05, 3.63) is 80.6 Å². The minimum atomic E-state index is -0.301. The Kier molecular flexibility index (Phi) is 6.18. The number of furan rings is 1. The lowest BCUT2D eigenvalue weighted by molar-refractivity contribution is -0.113. The number of hydrogen-bond acceptors (Lipinski definition) is 9. The highest BCUT2D eigenvalue weighted by Crippen LogP contribution is 2.26. The zero-order valence-electron chi connectivity index (χ0n) is 17.8. The second kappa shape index (κ2) is 9.41. The minimum Gasteiger partial charge on any atom is -0.467 e. The van der Waals surface area contributed by atoms with E-state index in [2.05, 4.69) is 10.5 Å². The summed E-state index contributed by atoms with van der Waals surface area (Å²) in [4.78, 5) is 30.9. The van der Waals surface area contributed by atoms with Crippen LogP contribution in [0.2, 0.25) is 0 Å². The van der Waals surface area contributed by atoms with Crippen molar-refractivity contribution in [2.24, 2.45) is 0 Å². The van der Waals surface area contributed by atoms with Crippen molar-refractivity contribution in [2.75, 3.05) is 11.1 Å². The number of carbonyl (C=O) groups is 1. The number of nitrogens with zero attached hydrogens (tertiary/aromatic N) is 4. The Morgan fingerprint density at radius 1 is 1.24 bits per heavy atom. The predicted octanol–water partition coefficient (Wildman–Crippen LogP) is 4.65. The van der Waals surface area contributed by atoms with Gasteiger partial charge in [-0.25, -0.2) is 4.98 Å². The highest BCUT2D eigenvalue weighted by Gasteiger charge is 2.20. The largest absolute Gasteiger partial charge is 0.467 e. The van der Waals surface area contributed by atoms with Crippen LogP contribution < -0.4 is 10.9 Å². The predicted molar refractivity (Wildman–Crippen MR) is 132 cm³/mol. The van der Waals surface area contributed by atoms with Crippen molar-refractivity contribution in [3.8, 4) is 5.69 Å². The topological polar surface area (TPSA) is 108 Å². The number of carbonyl (C=O) groups excluding carboxylic acids is 1. The van der Waals surface area contributed by atoms with E-state index < -0.39 is 0 Å². The second-order valence-electron chi connectivity index (χ2n) is 7.22. The first-order valence-electron chi connectivity index (χ1n) is 10.1. The quantitative estimate of drug-likeness (QED) is 0.191. The van der Waals surface area contributed by atoms with E-state index in [1.165, 1.54) is 15.9 Å². The fraction of sp³-hybridized carbons (Fsp3) is 0.136. The molecule has 4 aromatic heterocycles. The van der Waals surface area contributed by atoms with E-state index >= 15 is 0 Å². The molecule has 0 saturated heterocycles. The Morgan fingerprint density at radius 2 is 2.06 bits per heavy atom. The van der Waals surface area contributed by atoms with Gasteiger partial charge in [0.2, 0.25) is 5.91 Å². The number of thiazole rings is 1. The minimum absolute atomic E-state index is 0.0136. The zero-order valence-corrected chi connectivity index (χ0v) is 20.2. The highest BCUT2D eigenvalue weighted by molar-refractivity contribution is 7.99. The maximum atomic E-state index is 13.6. The van der Waals surface area contributed by atoms with Gasteiger partial charge in [0.25, 0.3) is 5.56 Å². The van der Waals surface area contributed by atoms with E-state index in [0.717, 1.165) is 11.8 Å². The standard InChI is InChI=1S/C22H17N5O4S3/c1-13-10-16(25-31-13)23-17(28)12-33-21-24-19-18(20(29)27(21)14-6-3-2-4-7-14)34-22(32)26(19)11-15-8-5-9-30-15/h2-10H,11-12H2,1H3,(H,23,25,28). The summed E-state index contributed by atoms with van der Waals surface area (Å²) in [7, 11) is 0. The van der Waals surface area contributed by atoms with Gasteiger partial charge in [-0.3, -0.25) is 18.7 Å². The molecular weight excluding hydrogens is 494 g/mol. The van der Waals surface area contributed by atoms with Crippen LogP contribution in [0.4, 0.5) is 5.82 Å². The summed E-state index contributed by atoms with van der Waals surface area (Å²) in [6.07, 6.45) is 1.58. The molecule has 0 spiro atoms. The molecule has 0 aliphatic heterocycles. The number of para-hydroxylation sites is 1. The number of rotatable bonds is 7. The molecule has 0 saturated carbocycles. The van der Waals surface area contributed by atoms with Crippen molar-refractivity contribution in [2.45, 2.75) is 18.6 Å². The van der Waals surface area contributed by atoms with Crippen LogP contribution in [0.5, 0.6) is 0 Å². The number of thioether (sulfide) groups is 1. The smallest absolute Gasteiger partial charge is 0.278 e. The Labute approximate surface area is 206 Å². The van der Waals surface area contributed by atoms with Gasteiger partial charge >= 0.3 is 0 Å². The number of aryl methyl sites for hydroxylation is 1. The van der Waals surface area contributed by atoms with Gasteiger partial charge < -0.3 is 14.3 Å². The number of anilines is 1.